The topological polar surface area (TPSA) is 73.0 Å². The van der Waals surface area contributed by atoms with Crippen LogP contribution in [0.4, 0.5) is 0 Å². The first kappa shape index (κ1) is 13.3. The maximum Gasteiger partial charge on any atom is 0.257 e. The minimum atomic E-state index is -0.143. The fourth-order valence-electron chi connectivity index (χ4n) is 1.98. The number of rotatable bonds is 5. The van der Waals surface area contributed by atoms with Gasteiger partial charge in [-0.3, -0.25) is 9.48 Å². The molecule has 6 heteroatoms. The van der Waals surface area contributed by atoms with Crippen molar-refractivity contribution in [3.63, 3.8) is 0 Å². The van der Waals surface area contributed by atoms with Gasteiger partial charge in [-0.15, -0.1) is 0 Å². The molecular formula is C13H18N4O2. The number of amides is 1. The Balaban J connectivity index is 2.02. The second kappa shape index (κ2) is 5.69. The van der Waals surface area contributed by atoms with E-state index in [1.165, 1.54) is 0 Å². The van der Waals surface area contributed by atoms with Crippen LogP contribution in [0.3, 0.4) is 0 Å². The SMILES string of the molecule is CCc1noc(C)c1C(=O)N[C@H](C)Cn1cccn1. The standard InChI is InChI=1S/C13H18N4O2/c1-4-11-12(10(3)19-16-11)13(18)15-9(2)8-17-7-5-6-14-17/h5-7,9H,4,8H2,1-3H3,(H,15,18)/t9-/m1/s1. The highest BCUT2D eigenvalue weighted by molar-refractivity contribution is 5.96. The molecule has 0 radical (unpaired) electrons. The van der Waals surface area contributed by atoms with Crippen LogP contribution in [0.1, 0.15) is 35.7 Å². The molecule has 1 amide bonds. The van der Waals surface area contributed by atoms with Crippen LogP contribution in [0.2, 0.25) is 0 Å². The molecular weight excluding hydrogens is 244 g/mol. The van der Waals surface area contributed by atoms with E-state index in [1.54, 1.807) is 17.8 Å². The van der Waals surface area contributed by atoms with Crippen molar-refractivity contribution in [3.05, 3.63) is 35.5 Å². The summed E-state index contributed by atoms with van der Waals surface area (Å²) in [6.45, 7) is 6.26. The summed E-state index contributed by atoms with van der Waals surface area (Å²) in [6.07, 6.45) is 4.26. The molecule has 2 aromatic heterocycles. The summed E-state index contributed by atoms with van der Waals surface area (Å²) < 4.78 is 6.85. The van der Waals surface area contributed by atoms with Gasteiger partial charge in [0.05, 0.1) is 12.2 Å². The van der Waals surface area contributed by atoms with Gasteiger partial charge in [-0.25, -0.2) is 0 Å². The van der Waals surface area contributed by atoms with E-state index < -0.39 is 0 Å². The van der Waals surface area contributed by atoms with Crippen molar-refractivity contribution >= 4 is 5.91 Å². The van der Waals surface area contributed by atoms with E-state index in [0.717, 1.165) is 0 Å². The molecule has 0 aliphatic carbocycles. The van der Waals surface area contributed by atoms with Crippen LogP contribution in [0.5, 0.6) is 0 Å². The number of carbonyl (C=O) groups excluding carboxylic acids is 1. The summed E-state index contributed by atoms with van der Waals surface area (Å²) in [4.78, 5) is 12.2. The van der Waals surface area contributed by atoms with E-state index in [4.69, 9.17) is 4.52 Å². The van der Waals surface area contributed by atoms with Gasteiger partial charge in [0.15, 0.2) is 0 Å². The summed E-state index contributed by atoms with van der Waals surface area (Å²) in [5, 5.41) is 10.9. The maximum atomic E-state index is 12.2. The van der Waals surface area contributed by atoms with Gasteiger partial charge in [0, 0.05) is 18.4 Å². The van der Waals surface area contributed by atoms with Crippen LogP contribution >= 0.6 is 0 Å². The largest absolute Gasteiger partial charge is 0.361 e. The molecule has 0 aliphatic rings. The third kappa shape index (κ3) is 3.01. The zero-order chi connectivity index (χ0) is 13.8. The second-order valence-corrected chi connectivity index (χ2v) is 4.52. The van der Waals surface area contributed by atoms with Crippen molar-refractivity contribution in [1.82, 2.24) is 20.3 Å². The number of aryl methyl sites for hydroxylation is 2. The molecule has 0 unspecified atom stereocenters. The van der Waals surface area contributed by atoms with E-state index >= 15 is 0 Å². The summed E-state index contributed by atoms with van der Waals surface area (Å²) in [6, 6.07) is 1.83. The first-order valence-electron chi connectivity index (χ1n) is 6.35. The van der Waals surface area contributed by atoms with Crippen molar-refractivity contribution in [1.29, 1.82) is 0 Å². The molecule has 0 aliphatic heterocycles. The van der Waals surface area contributed by atoms with E-state index in [-0.39, 0.29) is 11.9 Å². The van der Waals surface area contributed by atoms with E-state index in [1.807, 2.05) is 26.1 Å². The van der Waals surface area contributed by atoms with Gasteiger partial charge in [0.2, 0.25) is 0 Å². The molecule has 1 atom stereocenters. The molecule has 2 aromatic rings. The quantitative estimate of drug-likeness (QED) is 0.887. The predicted molar refractivity (Wildman–Crippen MR) is 69.8 cm³/mol. The molecule has 0 aromatic carbocycles. The minimum absolute atomic E-state index is 0.0218. The average molecular weight is 262 g/mol. The molecule has 0 spiro atoms. The molecule has 0 bridgehead atoms. The lowest BCUT2D eigenvalue weighted by molar-refractivity contribution is 0.0933. The third-order valence-electron chi connectivity index (χ3n) is 2.89. The number of hydrogen-bond acceptors (Lipinski definition) is 4. The van der Waals surface area contributed by atoms with Crippen LogP contribution < -0.4 is 5.32 Å². The average Bonchev–Trinajstić information content (AvgIpc) is 2.98. The van der Waals surface area contributed by atoms with E-state index in [0.29, 0.717) is 30.0 Å². The smallest absolute Gasteiger partial charge is 0.257 e. The van der Waals surface area contributed by atoms with E-state index in [2.05, 4.69) is 15.6 Å². The van der Waals surface area contributed by atoms with Crippen molar-refractivity contribution in [2.24, 2.45) is 0 Å². The van der Waals surface area contributed by atoms with Gasteiger partial charge in [-0.2, -0.15) is 5.10 Å². The maximum absolute atomic E-state index is 12.2. The molecule has 0 fully saturated rings. The van der Waals surface area contributed by atoms with Crippen LogP contribution in [0.15, 0.2) is 23.0 Å². The molecule has 19 heavy (non-hydrogen) atoms. The monoisotopic (exact) mass is 262 g/mol. The van der Waals surface area contributed by atoms with Crippen LogP contribution in [0.25, 0.3) is 0 Å². The highest BCUT2D eigenvalue weighted by atomic mass is 16.5. The zero-order valence-corrected chi connectivity index (χ0v) is 11.4. The lowest BCUT2D eigenvalue weighted by Crippen LogP contribution is -2.36. The van der Waals surface area contributed by atoms with Crippen LogP contribution in [0, 0.1) is 6.92 Å². The number of nitrogens with zero attached hydrogens (tertiary/aromatic N) is 3. The molecule has 102 valence electrons. The van der Waals surface area contributed by atoms with Gasteiger partial charge in [0.25, 0.3) is 5.91 Å². The zero-order valence-electron chi connectivity index (χ0n) is 11.4. The molecule has 0 saturated carbocycles. The molecule has 2 heterocycles. The van der Waals surface area contributed by atoms with Gasteiger partial charge >= 0.3 is 0 Å². The Morgan fingerprint density at radius 3 is 3.00 bits per heavy atom. The Morgan fingerprint density at radius 1 is 1.58 bits per heavy atom. The highest BCUT2D eigenvalue weighted by Crippen LogP contribution is 2.13. The Labute approximate surface area is 111 Å². The van der Waals surface area contributed by atoms with Crippen molar-refractivity contribution < 1.29 is 9.32 Å². The van der Waals surface area contributed by atoms with Crippen molar-refractivity contribution in [3.8, 4) is 0 Å². The Hall–Kier alpha value is -2.11. The summed E-state index contributed by atoms with van der Waals surface area (Å²) in [5.41, 5.74) is 1.25. The molecule has 2 rings (SSSR count). The number of hydrogen-bond donors (Lipinski definition) is 1. The molecule has 0 saturated heterocycles. The number of aromatic nitrogens is 3. The van der Waals surface area contributed by atoms with Gasteiger partial charge < -0.3 is 9.84 Å². The third-order valence-corrected chi connectivity index (χ3v) is 2.89. The summed E-state index contributed by atoms with van der Waals surface area (Å²) in [5.74, 6) is 0.413. The van der Waals surface area contributed by atoms with Crippen molar-refractivity contribution in [2.45, 2.75) is 39.8 Å². The molecule has 1 N–H and O–H groups in total. The predicted octanol–water partition coefficient (Wildman–Crippen LogP) is 1.56. The van der Waals surface area contributed by atoms with Crippen molar-refractivity contribution in [2.75, 3.05) is 0 Å². The van der Waals surface area contributed by atoms with Crippen LogP contribution in [-0.4, -0.2) is 26.9 Å². The normalized spacial score (nSPS) is 12.4. The number of nitrogens with one attached hydrogen (secondary N) is 1. The lowest BCUT2D eigenvalue weighted by Gasteiger charge is -2.13. The fraction of sp³-hybridized carbons (Fsp3) is 0.462. The van der Waals surface area contributed by atoms with E-state index in [9.17, 15) is 4.79 Å². The minimum Gasteiger partial charge on any atom is -0.361 e. The summed E-state index contributed by atoms with van der Waals surface area (Å²) >= 11 is 0. The Morgan fingerprint density at radius 2 is 2.37 bits per heavy atom. The number of carbonyl (C=O) groups is 1. The van der Waals surface area contributed by atoms with Crippen LogP contribution in [-0.2, 0) is 13.0 Å². The first-order chi connectivity index (χ1) is 9.11. The Bertz CT molecular complexity index is 545. The fourth-order valence-corrected chi connectivity index (χ4v) is 1.98. The highest BCUT2D eigenvalue weighted by Gasteiger charge is 2.20. The summed E-state index contributed by atoms with van der Waals surface area (Å²) in [7, 11) is 0. The van der Waals surface area contributed by atoms with Gasteiger partial charge in [-0.05, 0) is 26.3 Å². The lowest BCUT2D eigenvalue weighted by atomic mass is 10.1. The first-order valence-corrected chi connectivity index (χ1v) is 6.35. The molecule has 6 nitrogen and oxygen atoms in total. The Kier molecular flexibility index (Phi) is 3.99. The second-order valence-electron chi connectivity index (χ2n) is 4.52. The van der Waals surface area contributed by atoms with Gasteiger partial charge in [0.1, 0.15) is 11.3 Å². The van der Waals surface area contributed by atoms with Gasteiger partial charge in [-0.1, -0.05) is 12.1 Å².